The number of sulfonamides is 1. The fourth-order valence-electron chi connectivity index (χ4n) is 3.40. The first-order valence-electron chi connectivity index (χ1n) is 9.74. The van der Waals surface area contributed by atoms with E-state index in [9.17, 15) is 18.0 Å². The molecule has 0 bridgehead atoms. The molecule has 1 N–H and O–H groups in total. The Hall–Kier alpha value is -3.17. The second-order valence-electron chi connectivity index (χ2n) is 7.07. The van der Waals surface area contributed by atoms with Gasteiger partial charge in [0.15, 0.2) is 0 Å². The molecule has 0 unspecified atom stereocenters. The zero-order chi connectivity index (χ0) is 21.8. The SMILES string of the molecule is O=C(c1ccccc1)N1CCN(C(=O)c2cccc(NS(=O)(=O)c3cccs3)c2)CC1. The molecular weight excluding hydrogens is 434 g/mol. The minimum absolute atomic E-state index is 0.0438. The molecular formula is C22H21N3O4S2. The second-order valence-corrected chi connectivity index (χ2v) is 9.93. The van der Waals surface area contributed by atoms with Crippen molar-refractivity contribution in [2.24, 2.45) is 0 Å². The minimum Gasteiger partial charge on any atom is -0.335 e. The molecule has 0 saturated carbocycles. The van der Waals surface area contributed by atoms with Crippen LogP contribution in [0.5, 0.6) is 0 Å². The van der Waals surface area contributed by atoms with E-state index in [1.165, 1.54) is 12.1 Å². The van der Waals surface area contributed by atoms with Crippen LogP contribution in [0, 0.1) is 0 Å². The Bertz CT molecular complexity index is 1170. The molecule has 7 nitrogen and oxygen atoms in total. The van der Waals surface area contributed by atoms with Crippen LogP contribution in [0.4, 0.5) is 5.69 Å². The van der Waals surface area contributed by atoms with Gasteiger partial charge in [-0.15, -0.1) is 11.3 Å². The fourth-order valence-corrected chi connectivity index (χ4v) is 5.44. The van der Waals surface area contributed by atoms with Crippen LogP contribution in [0.1, 0.15) is 20.7 Å². The van der Waals surface area contributed by atoms with Gasteiger partial charge in [0, 0.05) is 43.0 Å². The number of rotatable bonds is 5. The summed E-state index contributed by atoms with van der Waals surface area (Å²) in [4.78, 5) is 28.9. The van der Waals surface area contributed by atoms with Crippen LogP contribution in [0.3, 0.4) is 0 Å². The van der Waals surface area contributed by atoms with Crippen molar-refractivity contribution in [2.45, 2.75) is 4.21 Å². The maximum absolute atomic E-state index is 12.9. The number of piperazine rings is 1. The van der Waals surface area contributed by atoms with Crippen molar-refractivity contribution in [1.82, 2.24) is 9.80 Å². The average Bonchev–Trinajstić information content (AvgIpc) is 3.35. The smallest absolute Gasteiger partial charge is 0.271 e. The Morgan fingerprint density at radius 2 is 1.39 bits per heavy atom. The molecule has 9 heteroatoms. The number of benzene rings is 2. The highest BCUT2D eigenvalue weighted by atomic mass is 32.2. The summed E-state index contributed by atoms with van der Waals surface area (Å²) >= 11 is 1.13. The summed E-state index contributed by atoms with van der Waals surface area (Å²) in [6.07, 6.45) is 0. The van der Waals surface area contributed by atoms with Gasteiger partial charge < -0.3 is 9.80 Å². The molecule has 0 spiro atoms. The van der Waals surface area contributed by atoms with Crippen LogP contribution in [-0.4, -0.2) is 56.2 Å². The topological polar surface area (TPSA) is 86.8 Å². The Morgan fingerprint density at radius 3 is 2.00 bits per heavy atom. The second kappa shape index (κ2) is 8.91. The lowest BCUT2D eigenvalue weighted by molar-refractivity contribution is 0.0535. The zero-order valence-corrected chi connectivity index (χ0v) is 18.2. The molecule has 160 valence electrons. The molecule has 1 aliphatic rings. The number of hydrogen-bond donors (Lipinski definition) is 1. The normalized spacial score (nSPS) is 14.3. The minimum atomic E-state index is -3.68. The van der Waals surface area contributed by atoms with E-state index in [0.717, 1.165) is 11.3 Å². The van der Waals surface area contributed by atoms with Crippen LogP contribution < -0.4 is 4.72 Å². The predicted octanol–water partition coefficient (Wildman–Crippen LogP) is 3.15. The van der Waals surface area contributed by atoms with Crippen LogP contribution in [0.15, 0.2) is 76.3 Å². The molecule has 0 atom stereocenters. The number of nitrogens with zero attached hydrogens (tertiary/aromatic N) is 2. The number of thiophene rings is 1. The first-order chi connectivity index (χ1) is 14.9. The lowest BCUT2D eigenvalue weighted by atomic mass is 10.1. The Kier molecular flexibility index (Phi) is 6.06. The molecule has 31 heavy (non-hydrogen) atoms. The third-order valence-electron chi connectivity index (χ3n) is 5.00. The van der Waals surface area contributed by atoms with E-state index in [4.69, 9.17) is 0 Å². The van der Waals surface area contributed by atoms with Gasteiger partial charge in [-0.05, 0) is 41.8 Å². The van der Waals surface area contributed by atoms with Crippen LogP contribution in [0.2, 0.25) is 0 Å². The lowest BCUT2D eigenvalue weighted by Crippen LogP contribution is -2.50. The van der Waals surface area contributed by atoms with Crippen molar-refractivity contribution < 1.29 is 18.0 Å². The van der Waals surface area contributed by atoms with Crippen LogP contribution >= 0.6 is 11.3 Å². The largest absolute Gasteiger partial charge is 0.335 e. The number of carbonyl (C=O) groups is 2. The number of anilines is 1. The molecule has 0 aliphatic carbocycles. The van der Waals surface area contributed by atoms with Crippen LogP contribution in [0.25, 0.3) is 0 Å². The molecule has 1 aliphatic heterocycles. The Labute approximate surface area is 185 Å². The van der Waals surface area contributed by atoms with Gasteiger partial charge in [-0.25, -0.2) is 8.42 Å². The van der Waals surface area contributed by atoms with Crippen molar-refractivity contribution in [3.63, 3.8) is 0 Å². The van der Waals surface area contributed by atoms with E-state index < -0.39 is 10.0 Å². The maximum atomic E-state index is 12.9. The number of carbonyl (C=O) groups excluding carboxylic acids is 2. The maximum Gasteiger partial charge on any atom is 0.271 e. The van der Waals surface area contributed by atoms with E-state index in [-0.39, 0.29) is 16.0 Å². The highest BCUT2D eigenvalue weighted by Crippen LogP contribution is 2.21. The first kappa shape index (κ1) is 21.1. The molecule has 4 rings (SSSR count). The summed E-state index contributed by atoms with van der Waals surface area (Å²) in [6, 6.07) is 18.7. The number of hydrogen-bond acceptors (Lipinski definition) is 5. The standard InChI is InChI=1S/C22H21N3O4S2/c26-21(17-6-2-1-3-7-17)24-11-13-25(14-12-24)22(27)18-8-4-9-19(16-18)23-31(28,29)20-10-5-15-30-20/h1-10,15-16,23H,11-14H2. The molecule has 2 amide bonds. The molecule has 3 aromatic rings. The fraction of sp³-hybridized carbons (Fsp3) is 0.182. The van der Waals surface area contributed by atoms with Crippen molar-refractivity contribution in [3.8, 4) is 0 Å². The summed E-state index contributed by atoms with van der Waals surface area (Å²) in [6.45, 7) is 1.74. The van der Waals surface area contributed by atoms with Gasteiger partial charge in [-0.3, -0.25) is 14.3 Å². The summed E-state index contributed by atoms with van der Waals surface area (Å²) in [5.41, 5.74) is 1.36. The van der Waals surface area contributed by atoms with Gasteiger partial charge in [0.25, 0.3) is 21.8 Å². The molecule has 2 aromatic carbocycles. The summed E-state index contributed by atoms with van der Waals surface area (Å²) in [7, 11) is -3.68. The van der Waals surface area contributed by atoms with Gasteiger partial charge in [0.05, 0.1) is 0 Å². The van der Waals surface area contributed by atoms with Gasteiger partial charge in [-0.1, -0.05) is 30.3 Å². The van der Waals surface area contributed by atoms with Crippen molar-refractivity contribution >= 4 is 38.9 Å². The summed E-state index contributed by atoms with van der Waals surface area (Å²) < 4.78 is 27.6. The third kappa shape index (κ3) is 4.78. The molecule has 0 radical (unpaired) electrons. The molecule has 1 saturated heterocycles. The van der Waals surface area contributed by atoms with E-state index in [1.807, 2.05) is 18.2 Å². The molecule has 1 aromatic heterocycles. The quantitative estimate of drug-likeness (QED) is 0.640. The van der Waals surface area contributed by atoms with Crippen LogP contribution in [-0.2, 0) is 10.0 Å². The highest BCUT2D eigenvalue weighted by Gasteiger charge is 2.26. The summed E-state index contributed by atoms with van der Waals surface area (Å²) in [5, 5.41) is 1.69. The van der Waals surface area contributed by atoms with Gasteiger partial charge in [0.1, 0.15) is 4.21 Å². The number of nitrogens with one attached hydrogen (secondary N) is 1. The zero-order valence-electron chi connectivity index (χ0n) is 16.6. The van der Waals surface area contributed by atoms with Gasteiger partial charge >= 0.3 is 0 Å². The van der Waals surface area contributed by atoms with Gasteiger partial charge in [-0.2, -0.15) is 0 Å². The Morgan fingerprint density at radius 1 is 0.774 bits per heavy atom. The Balaban J connectivity index is 1.40. The monoisotopic (exact) mass is 455 g/mol. The van der Waals surface area contributed by atoms with E-state index >= 15 is 0 Å². The highest BCUT2D eigenvalue weighted by molar-refractivity contribution is 7.94. The number of amides is 2. The lowest BCUT2D eigenvalue weighted by Gasteiger charge is -2.35. The van der Waals surface area contributed by atoms with Crippen molar-refractivity contribution in [1.29, 1.82) is 0 Å². The predicted molar refractivity (Wildman–Crippen MR) is 120 cm³/mol. The average molecular weight is 456 g/mol. The van der Waals surface area contributed by atoms with Crippen molar-refractivity contribution in [3.05, 3.63) is 83.2 Å². The van der Waals surface area contributed by atoms with E-state index in [2.05, 4.69) is 4.72 Å². The van der Waals surface area contributed by atoms with E-state index in [1.54, 1.807) is 51.6 Å². The van der Waals surface area contributed by atoms with E-state index in [0.29, 0.717) is 43.0 Å². The molecule has 2 heterocycles. The third-order valence-corrected chi connectivity index (χ3v) is 7.78. The molecule has 1 fully saturated rings. The summed E-state index contributed by atoms with van der Waals surface area (Å²) in [5.74, 6) is -0.235. The first-order valence-corrected chi connectivity index (χ1v) is 12.1. The van der Waals surface area contributed by atoms with Gasteiger partial charge in [0.2, 0.25) is 0 Å². The van der Waals surface area contributed by atoms with Crippen molar-refractivity contribution in [2.75, 3.05) is 30.9 Å².